The standard InChI is InChI=1S/C34H44ClN3O6S/c1-22-6-5-8-32(39)30-13-10-25(30)20-37-15-4-3-7-23-16-27(35)12-9-26(23)21-44-33-14-11-24(17-31(33)37)34(40)36-45(41,42)38(22)28-18-29(19-28)43-2/h5,8-9,11-12,14,16-17,22,25,28-30,32,39H,3-4,6-7,10,13,15,18-21H2,1-2H3,(H,36,40)/b8-5-/t22-,25-,28?,29?,30+,32-/m0/s1. The average Bonchev–Trinajstić information content (AvgIpc) is 2.99. The minimum Gasteiger partial charge on any atom is -0.487 e. The highest BCUT2D eigenvalue weighted by atomic mass is 35.5. The molecule has 11 heteroatoms. The maximum absolute atomic E-state index is 13.8. The lowest BCUT2D eigenvalue weighted by Crippen LogP contribution is -2.57. The normalized spacial score (nSPS) is 31.5. The van der Waals surface area contributed by atoms with Crippen molar-refractivity contribution in [2.24, 2.45) is 11.8 Å². The summed E-state index contributed by atoms with van der Waals surface area (Å²) in [6.07, 6.45) is 9.33. The molecule has 0 aromatic heterocycles. The third-order valence-corrected chi connectivity index (χ3v) is 12.0. The molecule has 1 amide bonds. The van der Waals surface area contributed by atoms with Crippen molar-refractivity contribution in [3.8, 4) is 5.75 Å². The van der Waals surface area contributed by atoms with Crippen LogP contribution in [-0.4, -0.2) is 68.2 Å². The summed E-state index contributed by atoms with van der Waals surface area (Å²) in [4.78, 5) is 15.9. The molecule has 0 saturated heterocycles. The number of aliphatic hydroxyl groups is 1. The number of nitrogens with one attached hydrogen (secondary N) is 1. The molecule has 2 aromatic carbocycles. The monoisotopic (exact) mass is 657 g/mol. The van der Waals surface area contributed by atoms with Crippen LogP contribution in [0.4, 0.5) is 5.69 Å². The summed E-state index contributed by atoms with van der Waals surface area (Å²) < 4.78 is 43.2. The van der Waals surface area contributed by atoms with Crippen LogP contribution in [0.15, 0.2) is 48.6 Å². The van der Waals surface area contributed by atoms with Crippen LogP contribution in [0.5, 0.6) is 5.75 Å². The molecule has 2 N–H and O–H groups in total. The summed E-state index contributed by atoms with van der Waals surface area (Å²) in [6.45, 7) is 3.63. The van der Waals surface area contributed by atoms with Crippen molar-refractivity contribution in [2.75, 3.05) is 25.1 Å². The minimum absolute atomic E-state index is 0.0116. The van der Waals surface area contributed by atoms with Crippen LogP contribution in [0.25, 0.3) is 0 Å². The number of nitrogens with zero attached hydrogens (tertiary/aromatic N) is 2. The van der Waals surface area contributed by atoms with Crippen molar-refractivity contribution in [1.29, 1.82) is 0 Å². The van der Waals surface area contributed by atoms with Gasteiger partial charge in [0.1, 0.15) is 12.4 Å². The third-order valence-electron chi connectivity index (χ3n) is 10.1. The molecule has 244 valence electrons. The lowest BCUT2D eigenvalue weighted by atomic mass is 9.70. The Kier molecular flexibility index (Phi) is 9.78. The molecule has 2 fully saturated rings. The fourth-order valence-corrected chi connectivity index (χ4v) is 9.03. The summed E-state index contributed by atoms with van der Waals surface area (Å²) in [5, 5.41) is 11.9. The van der Waals surface area contributed by atoms with E-state index in [-0.39, 0.29) is 29.5 Å². The van der Waals surface area contributed by atoms with E-state index in [2.05, 4.69) is 9.62 Å². The first kappa shape index (κ1) is 32.3. The van der Waals surface area contributed by atoms with Gasteiger partial charge in [0, 0.05) is 42.9 Å². The van der Waals surface area contributed by atoms with Crippen LogP contribution < -0.4 is 14.4 Å². The predicted octanol–water partition coefficient (Wildman–Crippen LogP) is 5.25. The van der Waals surface area contributed by atoms with Crippen molar-refractivity contribution in [1.82, 2.24) is 9.03 Å². The molecule has 4 atom stereocenters. The Hall–Kier alpha value is -2.63. The number of hydrogen-bond acceptors (Lipinski definition) is 7. The van der Waals surface area contributed by atoms with E-state index < -0.39 is 28.3 Å². The number of anilines is 1. The summed E-state index contributed by atoms with van der Waals surface area (Å²) in [5.41, 5.74) is 3.24. The molecule has 0 unspecified atom stereocenters. The predicted molar refractivity (Wildman–Crippen MR) is 175 cm³/mol. The lowest BCUT2D eigenvalue weighted by Gasteiger charge is -2.44. The highest BCUT2D eigenvalue weighted by Crippen LogP contribution is 2.41. The highest BCUT2D eigenvalue weighted by Gasteiger charge is 2.43. The second kappa shape index (κ2) is 13.6. The Bertz CT molecular complexity index is 1530. The fraction of sp³-hybridized carbons (Fsp3) is 0.559. The first-order valence-corrected chi connectivity index (χ1v) is 18.0. The Morgan fingerprint density at radius 3 is 2.67 bits per heavy atom. The zero-order valence-electron chi connectivity index (χ0n) is 26.0. The average molecular weight is 658 g/mol. The number of aryl methyl sites for hydroxylation is 1. The van der Waals surface area contributed by atoms with E-state index >= 15 is 0 Å². The molecule has 0 spiro atoms. The summed E-state index contributed by atoms with van der Waals surface area (Å²) in [7, 11) is -2.56. The third kappa shape index (κ3) is 7.05. The number of methoxy groups -OCH3 is 1. The molecule has 4 aliphatic rings. The highest BCUT2D eigenvalue weighted by molar-refractivity contribution is 7.87. The van der Waals surface area contributed by atoms with Crippen molar-refractivity contribution in [2.45, 2.75) is 89.2 Å². The molecule has 0 radical (unpaired) electrons. The molecule has 45 heavy (non-hydrogen) atoms. The van der Waals surface area contributed by atoms with Gasteiger partial charge in [0.05, 0.1) is 17.9 Å². The number of aliphatic hydroxyl groups excluding tert-OH is 1. The van der Waals surface area contributed by atoms with Crippen molar-refractivity contribution >= 4 is 33.4 Å². The van der Waals surface area contributed by atoms with Gasteiger partial charge in [0.2, 0.25) is 0 Å². The first-order chi connectivity index (χ1) is 21.6. The van der Waals surface area contributed by atoms with Crippen molar-refractivity contribution in [3.63, 3.8) is 0 Å². The van der Waals surface area contributed by atoms with Crippen LogP contribution in [0.1, 0.15) is 73.4 Å². The molecule has 2 heterocycles. The number of carbonyl (C=O) groups excluding carboxylic acids is 1. The zero-order valence-corrected chi connectivity index (χ0v) is 27.6. The number of ether oxygens (including phenoxy) is 2. The molecule has 2 bridgehead atoms. The Morgan fingerprint density at radius 1 is 1.09 bits per heavy atom. The van der Waals surface area contributed by atoms with Gasteiger partial charge < -0.3 is 19.5 Å². The smallest absolute Gasteiger partial charge is 0.304 e. The van der Waals surface area contributed by atoms with Crippen LogP contribution in [0, 0.1) is 11.8 Å². The Morgan fingerprint density at radius 2 is 1.91 bits per heavy atom. The van der Waals surface area contributed by atoms with E-state index in [1.807, 2.05) is 37.3 Å². The van der Waals surface area contributed by atoms with Crippen LogP contribution >= 0.6 is 11.6 Å². The maximum atomic E-state index is 13.8. The van der Waals surface area contributed by atoms with E-state index in [0.717, 1.165) is 49.9 Å². The van der Waals surface area contributed by atoms with E-state index in [9.17, 15) is 18.3 Å². The zero-order chi connectivity index (χ0) is 31.7. The summed E-state index contributed by atoms with van der Waals surface area (Å²) in [6, 6.07) is 10.3. The van der Waals surface area contributed by atoms with Crippen LogP contribution in [-0.2, 0) is 28.0 Å². The summed E-state index contributed by atoms with van der Waals surface area (Å²) >= 11 is 6.32. The molecule has 6 rings (SSSR count). The fourth-order valence-electron chi connectivity index (χ4n) is 7.26. The summed E-state index contributed by atoms with van der Waals surface area (Å²) in [5.74, 6) is 0.342. The number of amides is 1. The van der Waals surface area contributed by atoms with Gasteiger partial charge in [-0.2, -0.15) is 12.7 Å². The minimum atomic E-state index is -4.19. The SMILES string of the molecule is COC1CC(N2[C@@H](C)C/C=C\[C@H](O)[C@@H]3CC[C@H]3CN3CCCCc4cc(Cl)ccc4COc4ccc(cc43)C(=O)NS2(=O)=O)C1. The molecule has 2 aliphatic carbocycles. The molecule has 9 nitrogen and oxygen atoms in total. The number of halogens is 1. The van der Waals surface area contributed by atoms with Crippen LogP contribution in [0.2, 0.25) is 5.02 Å². The molecule has 2 aliphatic heterocycles. The van der Waals surface area contributed by atoms with Gasteiger partial charge in [-0.3, -0.25) is 4.79 Å². The van der Waals surface area contributed by atoms with Gasteiger partial charge in [0.25, 0.3) is 5.91 Å². The Labute approximate surface area is 271 Å². The molecular formula is C34H44ClN3O6S. The van der Waals surface area contributed by atoms with Gasteiger partial charge in [0.15, 0.2) is 0 Å². The van der Waals surface area contributed by atoms with Gasteiger partial charge in [-0.25, -0.2) is 4.72 Å². The van der Waals surface area contributed by atoms with Crippen molar-refractivity contribution in [3.05, 3.63) is 70.3 Å². The number of rotatable bonds is 2. The quantitative estimate of drug-likeness (QED) is 0.425. The number of benzene rings is 2. The van der Waals surface area contributed by atoms with E-state index in [1.165, 1.54) is 9.87 Å². The molecular weight excluding hydrogens is 614 g/mol. The lowest BCUT2D eigenvalue weighted by molar-refractivity contribution is -0.0110. The second-order valence-corrected chi connectivity index (χ2v) is 15.1. The number of fused-ring (bicyclic) bond motifs is 3. The van der Waals surface area contributed by atoms with Crippen molar-refractivity contribution < 1.29 is 27.8 Å². The van der Waals surface area contributed by atoms with Gasteiger partial charge >= 0.3 is 10.2 Å². The van der Waals surface area contributed by atoms with E-state index in [4.69, 9.17) is 21.1 Å². The topological polar surface area (TPSA) is 108 Å². The number of hydrogen-bond donors (Lipinski definition) is 2. The van der Waals surface area contributed by atoms with Gasteiger partial charge in [-0.15, -0.1) is 0 Å². The second-order valence-electron chi connectivity index (χ2n) is 13.0. The van der Waals surface area contributed by atoms with E-state index in [0.29, 0.717) is 43.2 Å². The molecule has 2 saturated carbocycles. The van der Waals surface area contributed by atoms with Gasteiger partial charge in [-0.1, -0.05) is 29.8 Å². The molecule has 2 aromatic rings. The first-order valence-electron chi connectivity index (χ1n) is 16.1. The maximum Gasteiger partial charge on any atom is 0.304 e. The van der Waals surface area contributed by atoms with Gasteiger partial charge in [-0.05, 0) is 112 Å². The number of carbonyl (C=O) groups is 1. The largest absolute Gasteiger partial charge is 0.487 e. The van der Waals surface area contributed by atoms with E-state index in [1.54, 1.807) is 25.3 Å². The van der Waals surface area contributed by atoms with Crippen LogP contribution in [0.3, 0.4) is 0 Å². The Balaban J connectivity index is 1.37.